The van der Waals surface area contributed by atoms with Crippen LogP contribution >= 0.6 is 0 Å². The average molecular weight is 351 g/mol. The van der Waals surface area contributed by atoms with Crippen LogP contribution in [0.15, 0.2) is 41.5 Å². The van der Waals surface area contributed by atoms with Crippen LogP contribution in [0.5, 0.6) is 0 Å². The molecule has 0 aliphatic heterocycles. The van der Waals surface area contributed by atoms with Crippen molar-refractivity contribution in [2.24, 2.45) is 0 Å². The first-order valence-electron chi connectivity index (χ1n) is 8.02. The standard InChI is InChI=1S/C19H17N3O4/c1-11-6-13(3)15(7-12(11)2)18(23)9-21-10-20-17-5-4-14(22(25)26)8-16(17)19(21)24/h4-8,10H,9H2,1-3H3. The second kappa shape index (κ2) is 6.51. The number of aryl methyl sites for hydroxylation is 3. The third-order valence-electron chi connectivity index (χ3n) is 4.47. The molecule has 26 heavy (non-hydrogen) atoms. The van der Waals surface area contributed by atoms with Gasteiger partial charge in [-0.05, 0) is 49.6 Å². The SMILES string of the molecule is Cc1cc(C)c(C(=O)Cn2cnc3ccc([N+](=O)[O-])cc3c2=O)cc1C. The van der Waals surface area contributed by atoms with Crippen molar-refractivity contribution in [3.05, 3.63) is 79.4 Å². The summed E-state index contributed by atoms with van der Waals surface area (Å²) in [6.07, 6.45) is 1.30. The number of rotatable bonds is 4. The molecule has 0 fully saturated rings. The number of carbonyl (C=O) groups excluding carboxylic acids is 1. The number of benzene rings is 2. The molecule has 3 aromatic rings. The summed E-state index contributed by atoms with van der Waals surface area (Å²) >= 11 is 0. The largest absolute Gasteiger partial charge is 0.292 e. The summed E-state index contributed by atoms with van der Waals surface area (Å²) in [5.41, 5.74) is 3.18. The van der Waals surface area contributed by atoms with Gasteiger partial charge in [0.05, 0.1) is 28.7 Å². The Labute approximate surface area is 149 Å². The van der Waals surface area contributed by atoms with Gasteiger partial charge in [0.1, 0.15) is 0 Å². The van der Waals surface area contributed by atoms with Gasteiger partial charge < -0.3 is 0 Å². The van der Waals surface area contributed by atoms with Crippen LogP contribution in [0.4, 0.5) is 5.69 Å². The number of hydrogen-bond acceptors (Lipinski definition) is 5. The molecule has 1 heterocycles. The van der Waals surface area contributed by atoms with E-state index in [1.165, 1.54) is 29.1 Å². The smallest absolute Gasteiger partial charge is 0.270 e. The summed E-state index contributed by atoms with van der Waals surface area (Å²) in [5.74, 6) is -0.209. The van der Waals surface area contributed by atoms with Gasteiger partial charge in [-0.1, -0.05) is 6.07 Å². The Morgan fingerprint density at radius 2 is 1.81 bits per heavy atom. The maximum atomic E-state index is 12.7. The molecular weight excluding hydrogens is 334 g/mol. The van der Waals surface area contributed by atoms with Crippen LogP contribution in [0.3, 0.4) is 0 Å². The first-order valence-corrected chi connectivity index (χ1v) is 8.02. The van der Waals surface area contributed by atoms with E-state index in [4.69, 9.17) is 0 Å². The van der Waals surface area contributed by atoms with E-state index in [0.717, 1.165) is 16.7 Å². The van der Waals surface area contributed by atoms with E-state index in [0.29, 0.717) is 11.1 Å². The van der Waals surface area contributed by atoms with E-state index in [1.54, 1.807) is 0 Å². The van der Waals surface area contributed by atoms with Crippen molar-refractivity contribution in [3.63, 3.8) is 0 Å². The molecule has 132 valence electrons. The van der Waals surface area contributed by atoms with Crippen molar-refractivity contribution in [1.82, 2.24) is 9.55 Å². The van der Waals surface area contributed by atoms with E-state index in [9.17, 15) is 19.7 Å². The van der Waals surface area contributed by atoms with Gasteiger partial charge in [0.15, 0.2) is 5.78 Å². The Kier molecular flexibility index (Phi) is 4.38. The molecule has 0 spiro atoms. The molecular formula is C19H17N3O4. The Morgan fingerprint density at radius 1 is 1.12 bits per heavy atom. The minimum absolute atomic E-state index is 0.117. The van der Waals surface area contributed by atoms with Gasteiger partial charge in [-0.25, -0.2) is 4.98 Å². The number of ketones is 1. The molecule has 7 heteroatoms. The van der Waals surface area contributed by atoms with Crippen LogP contribution in [-0.4, -0.2) is 20.3 Å². The van der Waals surface area contributed by atoms with Crippen LogP contribution in [-0.2, 0) is 6.54 Å². The van der Waals surface area contributed by atoms with Crippen LogP contribution in [0, 0.1) is 30.9 Å². The van der Waals surface area contributed by atoms with Crippen molar-refractivity contribution in [3.8, 4) is 0 Å². The number of nitro benzene ring substituents is 1. The van der Waals surface area contributed by atoms with E-state index in [1.807, 2.05) is 32.9 Å². The third kappa shape index (κ3) is 3.11. The van der Waals surface area contributed by atoms with Gasteiger partial charge in [-0.2, -0.15) is 0 Å². The number of nitro groups is 1. The second-order valence-corrected chi connectivity index (χ2v) is 6.31. The Hall–Kier alpha value is -3.35. The molecule has 0 saturated carbocycles. The highest BCUT2D eigenvalue weighted by atomic mass is 16.6. The Morgan fingerprint density at radius 3 is 2.50 bits per heavy atom. The highest BCUT2D eigenvalue weighted by Gasteiger charge is 2.15. The number of hydrogen-bond donors (Lipinski definition) is 0. The molecule has 0 unspecified atom stereocenters. The number of aromatic nitrogens is 2. The molecule has 0 radical (unpaired) electrons. The average Bonchev–Trinajstić information content (AvgIpc) is 2.60. The van der Waals surface area contributed by atoms with Gasteiger partial charge in [0.2, 0.25) is 0 Å². The fourth-order valence-corrected chi connectivity index (χ4v) is 2.87. The lowest BCUT2D eigenvalue weighted by Crippen LogP contribution is -2.25. The van der Waals surface area contributed by atoms with Crippen LogP contribution in [0.25, 0.3) is 10.9 Å². The van der Waals surface area contributed by atoms with Crippen LogP contribution in [0.1, 0.15) is 27.0 Å². The maximum Gasteiger partial charge on any atom is 0.270 e. The van der Waals surface area contributed by atoms with Gasteiger partial charge >= 0.3 is 0 Å². The molecule has 7 nitrogen and oxygen atoms in total. The van der Waals surface area contributed by atoms with Crippen molar-refractivity contribution in [2.45, 2.75) is 27.3 Å². The number of Topliss-reactive ketones (excluding diaryl/α,β-unsaturated/α-hetero) is 1. The van der Waals surface area contributed by atoms with Gasteiger partial charge in [-0.3, -0.25) is 24.3 Å². The molecule has 2 aromatic carbocycles. The first-order chi connectivity index (χ1) is 12.3. The van der Waals surface area contributed by atoms with E-state index < -0.39 is 10.5 Å². The third-order valence-corrected chi connectivity index (χ3v) is 4.47. The summed E-state index contributed by atoms with van der Waals surface area (Å²) in [4.78, 5) is 39.8. The molecule has 0 aliphatic rings. The molecule has 0 saturated heterocycles. The zero-order valence-electron chi connectivity index (χ0n) is 14.6. The Balaban J connectivity index is 2.02. The molecule has 0 N–H and O–H groups in total. The molecule has 0 aliphatic carbocycles. The number of nitrogens with zero attached hydrogens (tertiary/aromatic N) is 3. The minimum atomic E-state index is -0.570. The normalized spacial score (nSPS) is 10.9. The number of carbonyl (C=O) groups is 1. The van der Waals surface area contributed by atoms with Gasteiger partial charge in [-0.15, -0.1) is 0 Å². The minimum Gasteiger partial charge on any atom is -0.292 e. The fraction of sp³-hybridized carbons (Fsp3) is 0.211. The summed E-state index contributed by atoms with van der Waals surface area (Å²) < 4.78 is 1.18. The maximum absolute atomic E-state index is 12.7. The van der Waals surface area contributed by atoms with Gasteiger partial charge in [0.25, 0.3) is 11.2 Å². The lowest BCUT2D eigenvalue weighted by atomic mass is 9.98. The molecule has 0 atom stereocenters. The van der Waals surface area contributed by atoms with Crippen molar-refractivity contribution in [1.29, 1.82) is 0 Å². The monoisotopic (exact) mass is 351 g/mol. The highest BCUT2D eigenvalue weighted by Crippen LogP contribution is 2.18. The topological polar surface area (TPSA) is 95.1 Å². The summed E-state index contributed by atoms with van der Waals surface area (Å²) in [6, 6.07) is 7.66. The predicted octanol–water partition coefficient (Wildman–Crippen LogP) is 3.11. The Bertz CT molecular complexity index is 1120. The van der Waals surface area contributed by atoms with E-state index in [-0.39, 0.29) is 23.4 Å². The van der Waals surface area contributed by atoms with Gasteiger partial charge in [0, 0.05) is 17.7 Å². The van der Waals surface area contributed by atoms with Crippen molar-refractivity contribution >= 4 is 22.4 Å². The zero-order chi connectivity index (χ0) is 19.0. The molecule has 0 bridgehead atoms. The van der Waals surface area contributed by atoms with Crippen molar-refractivity contribution < 1.29 is 9.72 Å². The summed E-state index contributed by atoms with van der Waals surface area (Å²) in [7, 11) is 0. The number of non-ortho nitro benzene ring substituents is 1. The zero-order valence-corrected chi connectivity index (χ0v) is 14.6. The highest BCUT2D eigenvalue weighted by molar-refractivity contribution is 5.97. The summed E-state index contributed by atoms with van der Waals surface area (Å²) in [6.45, 7) is 5.58. The lowest BCUT2D eigenvalue weighted by Gasteiger charge is -2.10. The van der Waals surface area contributed by atoms with E-state index >= 15 is 0 Å². The van der Waals surface area contributed by atoms with E-state index in [2.05, 4.69) is 4.98 Å². The summed E-state index contributed by atoms with van der Waals surface area (Å²) in [5, 5.41) is 11.0. The molecule has 0 amide bonds. The molecule has 3 rings (SSSR count). The first kappa shape index (κ1) is 17.5. The number of fused-ring (bicyclic) bond motifs is 1. The van der Waals surface area contributed by atoms with Crippen LogP contribution < -0.4 is 5.56 Å². The van der Waals surface area contributed by atoms with Crippen molar-refractivity contribution in [2.75, 3.05) is 0 Å². The lowest BCUT2D eigenvalue weighted by molar-refractivity contribution is -0.384. The molecule has 1 aromatic heterocycles. The second-order valence-electron chi connectivity index (χ2n) is 6.31. The predicted molar refractivity (Wildman–Crippen MR) is 97.6 cm³/mol. The van der Waals surface area contributed by atoms with Crippen LogP contribution in [0.2, 0.25) is 0 Å². The quantitative estimate of drug-likeness (QED) is 0.409. The fourth-order valence-electron chi connectivity index (χ4n) is 2.87.